The molecule has 0 aliphatic carbocycles. The highest BCUT2D eigenvalue weighted by Gasteiger charge is 2.42. The average Bonchev–Trinajstić information content (AvgIpc) is 2.97. The fourth-order valence-electron chi connectivity index (χ4n) is 4.02. The van der Waals surface area contributed by atoms with Crippen molar-refractivity contribution >= 4 is 29.3 Å². The number of urea groups is 1. The van der Waals surface area contributed by atoms with Gasteiger partial charge in [0.15, 0.2) is 0 Å². The molecule has 2 amide bonds. The number of ether oxygens (including phenoxy) is 1. The van der Waals surface area contributed by atoms with Gasteiger partial charge in [0.05, 0.1) is 23.7 Å². The van der Waals surface area contributed by atoms with E-state index in [1.807, 2.05) is 4.90 Å². The smallest absolute Gasteiger partial charge is 0.339 e. The Labute approximate surface area is 160 Å². The highest BCUT2D eigenvalue weighted by Crippen LogP contribution is 2.43. The van der Waals surface area contributed by atoms with Crippen molar-refractivity contribution in [3.05, 3.63) is 62.5 Å². The summed E-state index contributed by atoms with van der Waals surface area (Å²) in [5.41, 5.74) is 2.54. The van der Waals surface area contributed by atoms with Crippen molar-refractivity contribution in [2.24, 2.45) is 0 Å². The van der Waals surface area contributed by atoms with Crippen molar-refractivity contribution in [1.29, 1.82) is 0 Å². The predicted molar refractivity (Wildman–Crippen MR) is 100 cm³/mol. The van der Waals surface area contributed by atoms with Crippen molar-refractivity contribution < 1.29 is 14.3 Å². The summed E-state index contributed by atoms with van der Waals surface area (Å²) >= 11 is 6.03. The van der Waals surface area contributed by atoms with E-state index in [0.29, 0.717) is 12.1 Å². The molecule has 0 radical (unpaired) electrons. The number of pyridine rings is 1. The first-order valence-electron chi connectivity index (χ1n) is 8.66. The van der Waals surface area contributed by atoms with Crippen LogP contribution >= 0.6 is 11.6 Å². The van der Waals surface area contributed by atoms with Crippen molar-refractivity contribution in [1.82, 2.24) is 9.88 Å². The highest BCUT2D eigenvalue weighted by atomic mass is 35.5. The van der Waals surface area contributed by atoms with E-state index in [1.54, 1.807) is 24.4 Å². The second-order valence-corrected chi connectivity index (χ2v) is 7.16. The zero-order chi connectivity index (χ0) is 19.1. The molecule has 1 aromatic heterocycles. The number of carbonyl (C=O) groups is 2. The summed E-state index contributed by atoms with van der Waals surface area (Å²) in [6.07, 6.45) is 4.11. The third-order valence-corrected chi connectivity index (χ3v) is 5.55. The number of methoxy groups -OCH3 is 1. The molecule has 7 nitrogen and oxygen atoms in total. The summed E-state index contributed by atoms with van der Waals surface area (Å²) in [4.78, 5) is 40.8. The Hall–Kier alpha value is -2.80. The van der Waals surface area contributed by atoms with Crippen LogP contribution in [0.3, 0.4) is 0 Å². The van der Waals surface area contributed by atoms with E-state index in [9.17, 15) is 14.4 Å². The lowest BCUT2D eigenvalue weighted by atomic mass is 9.95. The van der Waals surface area contributed by atoms with Crippen molar-refractivity contribution in [2.75, 3.05) is 12.4 Å². The third kappa shape index (κ3) is 3.08. The first-order valence-corrected chi connectivity index (χ1v) is 9.04. The summed E-state index contributed by atoms with van der Waals surface area (Å²) in [5.74, 6) is -0.563. The van der Waals surface area contributed by atoms with Crippen LogP contribution in [0.2, 0.25) is 5.02 Å². The zero-order valence-electron chi connectivity index (χ0n) is 14.6. The number of hydrogen-bond acceptors (Lipinski definition) is 4. The van der Waals surface area contributed by atoms with Crippen LogP contribution in [0.15, 0.2) is 35.3 Å². The van der Waals surface area contributed by atoms with Gasteiger partial charge in [-0.3, -0.25) is 4.79 Å². The summed E-state index contributed by atoms with van der Waals surface area (Å²) < 4.78 is 4.71. The quantitative estimate of drug-likeness (QED) is 0.774. The Morgan fingerprint density at radius 3 is 2.89 bits per heavy atom. The Balaban J connectivity index is 1.59. The number of benzene rings is 1. The zero-order valence-corrected chi connectivity index (χ0v) is 15.4. The number of H-pyrrole nitrogens is 1. The Bertz CT molecular complexity index is 987. The maximum absolute atomic E-state index is 12.9. The summed E-state index contributed by atoms with van der Waals surface area (Å²) in [6, 6.07) is 6.07. The van der Waals surface area contributed by atoms with E-state index >= 15 is 0 Å². The molecule has 2 atom stereocenters. The highest BCUT2D eigenvalue weighted by molar-refractivity contribution is 6.33. The standard InChI is InChI=1S/C19H18ClN3O4/c1-27-18(25)13-8-11(2-4-15(13)20)22-19(26)23-12-3-5-16(23)14-9-21-17(24)7-10(14)6-12/h2,4,7-9,12,16H,3,5-6H2,1H3,(H,21,24)(H,22,26)/t12-,16+/m1/s1. The number of anilines is 1. The van der Waals surface area contributed by atoms with Crippen LogP contribution in [0.25, 0.3) is 0 Å². The minimum absolute atomic E-state index is 0.0525. The van der Waals surface area contributed by atoms with Crippen LogP contribution in [0.4, 0.5) is 10.5 Å². The van der Waals surface area contributed by atoms with Gasteiger partial charge in [0, 0.05) is 24.0 Å². The van der Waals surface area contributed by atoms with Crippen LogP contribution < -0.4 is 10.9 Å². The minimum atomic E-state index is -0.563. The van der Waals surface area contributed by atoms with E-state index in [2.05, 4.69) is 10.3 Å². The molecule has 2 aliphatic heterocycles. The SMILES string of the molecule is COC(=O)c1cc(NC(=O)N2[C@@H]3CC[C@H]2c2c[nH]c(=O)cc2C3)ccc1Cl. The monoisotopic (exact) mass is 387 g/mol. The summed E-state index contributed by atoms with van der Waals surface area (Å²) in [6.45, 7) is 0. The van der Waals surface area contributed by atoms with Gasteiger partial charge >= 0.3 is 12.0 Å². The number of aromatic amines is 1. The maximum atomic E-state index is 12.9. The normalized spacial score (nSPS) is 20.1. The van der Waals surface area contributed by atoms with Crippen LogP contribution in [0.1, 0.15) is 40.4 Å². The minimum Gasteiger partial charge on any atom is -0.465 e. The summed E-state index contributed by atoms with van der Waals surface area (Å²) in [5, 5.41) is 3.11. The molecule has 2 aliphatic rings. The molecule has 0 spiro atoms. The molecule has 4 rings (SSSR count). The molecule has 3 heterocycles. The Morgan fingerprint density at radius 2 is 2.11 bits per heavy atom. The fraction of sp³-hybridized carbons (Fsp3) is 0.316. The lowest BCUT2D eigenvalue weighted by molar-refractivity contribution is 0.0601. The van der Waals surface area contributed by atoms with E-state index in [4.69, 9.17) is 16.3 Å². The Morgan fingerprint density at radius 1 is 1.30 bits per heavy atom. The molecule has 1 aromatic carbocycles. The van der Waals surface area contributed by atoms with E-state index in [-0.39, 0.29) is 34.3 Å². The number of fused-ring (bicyclic) bond motifs is 4. The van der Waals surface area contributed by atoms with Gasteiger partial charge in [-0.25, -0.2) is 9.59 Å². The van der Waals surface area contributed by atoms with Gasteiger partial charge in [-0.2, -0.15) is 0 Å². The van der Waals surface area contributed by atoms with Gasteiger partial charge in [-0.1, -0.05) is 11.6 Å². The number of hydrogen-bond donors (Lipinski definition) is 2. The van der Waals surface area contributed by atoms with E-state index < -0.39 is 5.97 Å². The lowest BCUT2D eigenvalue weighted by Gasteiger charge is -2.36. The number of halogens is 1. The molecule has 2 aromatic rings. The lowest BCUT2D eigenvalue weighted by Crippen LogP contribution is -2.44. The molecule has 140 valence electrons. The molecule has 2 N–H and O–H groups in total. The predicted octanol–water partition coefficient (Wildman–Crippen LogP) is 3.11. The molecule has 2 bridgehead atoms. The molecule has 1 fully saturated rings. The topological polar surface area (TPSA) is 91.5 Å². The largest absolute Gasteiger partial charge is 0.465 e. The number of rotatable bonds is 2. The van der Waals surface area contributed by atoms with Crippen LogP contribution in [-0.2, 0) is 11.2 Å². The number of nitrogens with zero attached hydrogens (tertiary/aromatic N) is 1. The van der Waals surface area contributed by atoms with Crippen molar-refractivity contribution in [3.63, 3.8) is 0 Å². The van der Waals surface area contributed by atoms with Gasteiger partial charge in [-0.15, -0.1) is 0 Å². The van der Waals surface area contributed by atoms with E-state index in [0.717, 1.165) is 24.0 Å². The Kier molecular flexibility index (Phi) is 4.39. The third-order valence-electron chi connectivity index (χ3n) is 5.22. The van der Waals surface area contributed by atoms with Gasteiger partial charge < -0.3 is 19.9 Å². The van der Waals surface area contributed by atoms with Crippen molar-refractivity contribution in [2.45, 2.75) is 31.3 Å². The van der Waals surface area contributed by atoms with Crippen LogP contribution in [0.5, 0.6) is 0 Å². The number of aromatic nitrogens is 1. The molecule has 8 heteroatoms. The molecule has 27 heavy (non-hydrogen) atoms. The molecule has 0 unspecified atom stereocenters. The molecule has 0 saturated carbocycles. The van der Waals surface area contributed by atoms with Crippen LogP contribution in [0, 0.1) is 0 Å². The summed E-state index contributed by atoms with van der Waals surface area (Å²) in [7, 11) is 1.27. The first-order chi connectivity index (χ1) is 13.0. The van der Waals surface area contributed by atoms with Gasteiger partial charge in [-0.05, 0) is 48.6 Å². The molecular formula is C19H18ClN3O4. The first kappa shape index (κ1) is 17.6. The average molecular weight is 388 g/mol. The maximum Gasteiger partial charge on any atom is 0.339 e. The van der Waals surface area contributed by atoms with Gasteiger partial charge in [0.2, 0.25) is 5.56 Å². The number of carbonyl (C=O) groups excluding carboxylic acids is 2. The second kappa shape index (κ2) is 6.74. The van der Waals surface area contributed by atoms with Gasteiger partial charge in [0.25, 0.3) is 0 Å². The van der Waals surface area contributed by atoms with E-state index in [1.165, 1.54) is 13.2 Å². The number of amides is 2. The number of esters is 1. The molecule has 1 saturated heterocycles. The van der Waals surface area contributed by atoms with Gasteiger partial charge in [0.1, 0.15) is 0 Å². The fourth-order valence-corrected chi connectivity index (χ4v) is 4.21. The van der Waals surface area contributed by atoms with Crippen molar-refractivity contribution in [3.8, 4) is 0 Å². The van der Waals surface area contributed by atoms with Crippen LogP contribution in [-0.4, -0.2) is 35.0 Å². The number of nitrogens with one attached hydrogen (secondary N) is 2. The second-order valence-electron chi connectivity index (χ2n) is 6.75. The molecular weight excluding hydrogens is 370 g/mol.